The number of nitrogens with one attached hydrogen (secondary N) is 1. The summed E-state index contributed by atoms with van der Waals surface area (Å²) in [6.45, 7) is 0.696. The number of guanidine groups is 1. The zero-order chi connectivity index (χ0) is 18.2. The molecule has 1 heterocycles. The number of hydrogen-bond acceptors (Lipinski definition) is 5. The van der Waals surface area contributed by atoms with Gasteiger partial charge in [-0.1, -0.05) is 12.1 Å². The molecule has 1 aromatic carbocycles. The first kappa shape index (κ1) is 18.3. The van der Waals surface area contributed by atoms with Crippen molar-refractivity contribution in [3.8, 4) is 5.75 Å². The van der Waals surface area contributed by atoms with Crippen molar-refractivity contribution in [1.29, 1.82) is 0 Å². The van der Waals surface area contributed by atoms with Crippen LogP contribution in [0.5, 0.6) is 5.75 Å². The van der Waals surface area contributed by atoms with Gasteiger partial charge in [-0.3, -0.25) is 9.79 Å². The molecule has 0 fully saturated rings. The first-order valence-corrected chi connectivity index (χ1v) is 7.97. The summed E-state index contributed by atoms with van der Waals surface area (Å²) in [6, 6.07) is 5.79. The van der Waals surface area contributed by atoms with E-state index in [-0.39, 0.29) is 5.96 Å². The minimum absolute atomic E-state index is 0.0319. The van der Waals surface area contributed by atoms with Crippen LogP contribution in [-0.4, -0.2) is 50.4 Å². The van der Waals surface area contributed by atoms with Gasteiger partial charge in [-0.05, 0) is 24.5 Å². The first-order chi connectivity index (χ1) is 12.0. The van der Waals surface area contributed by atoms with Crippen molar-refractivity contribution in [3.63, 3.8) is 0 Å². The standard InChI is InChI=1S/C17H24N6O2/c1-23(2)10-13-7-6-12-4-3-5-14(25-9-8-20-17(18)19)15(12)22-16(13)21-11-24/h3-5,10-11H,6-9H2,1-2H3,(H4,18,19,20)(H,21,22,24)/b13-10-. The number of aliphatic imine (C=N–C) groups is 2. The fourth-order valence-electron chi connectivity index (χ4n) is 2.53. The van der Waals surface area contributed by atoms with E-state index in [0.717, 1.165) is 29.7 Å². The van der Waals surface area contributed by atoms with Gasteiger partial charge < -0.3 is 26.4 Å². The second-order valence-corrected chi connectivity index (χ2v) is 5.76. The van der Waals surface area contributed by atoms with E-state index in [1.807, 2.05) is 43.4 Å². The van der Waals surface area contributed by atoms with E-state index in [4.69, 9.17) is 16.2 Å². The van der Waals surface area contributed by atoms with Gasteiger partial charge in [-0.15, -0.1) is 0 Å². The summed E-state index contributed by atoms with van der Waals surface area (Å²) in [7, 11) is 3.86. The number of amidine groups is 1. The van der Waals surface area contributed by atoms with Crippen LogP contribution in [0.4, 0.5) is 5.69 Å². The Hall–Kier alpha value is -3.03. The van der Waals surface area contributed by atoms with Crippen molar-refractivity contribution in [1.82, 2.24) is 10.2 Å². The van der Waals surface area contributed by atoms with Crippen molar-refractivity contribution in [2.45, 2.75) is 12.8 Å². The van der Waals surface area contributed by atoms with Crippen LogP contribution < -0.4 is 21.5 Å². The molecule has 0 saturated carbocycles. The van der Waals surface area contributed by atoms with Crippen LogP contribution in [-0.2, 0) is 11.2 Å². The lowest BCUT2D eigenvalue weighted by atomic mass is 10.0. The number of fused-ring (bicyclic) bond motifs is 1. The lowest BCUT2D eigenvalue weighted by molar-refractivity contribution is -0.108. The molecule has 1 amide bonds. The molecule has 0 bridgehead atoms. The molecular weight excluding hydrogens is 320 g/mol. The Balaban J connectivity index is 2.32. The molecule has 134 valence electrons. The number of aryl methyl sites for hydroxylation is 1. The molecule has 0 radical (unpaired) electrons. The minimum Gasteiger partial charge on any atom is -0.489 e. The number of rotatable bonds is 6. The highest BCUT2D eigenvalue weighted by molar-refractivity contribution is 6.05. The Bertz CT molecular complexity index is 705. The summed E-state index contributed by atoms with van der Waals surface area (Å²) in [5.74, 6) is 1.20. The Morgan fingerprint density at radius 1 is 1.40 bits per heavy atom. The molecule has 1 aliphatic rings. The third-order valence-electron chi connectivity index (χ3n) is 3.53. The molecule has 1 aromatic rings. The normalized spacial score (nSPS) is 14.8. The highest BCUT2D eigenvalue weighted by Crippen LogP contribution is 2.35. The van der Waals surface area contributed by atoms with Gasteiger partial charge in [0.05, 0.1) is 6.54 Å². The predicted molar refractivity (Wildman–Crippen MR) is 99.0 cm³/mol. The molecular formula is C17H24N6O2. The SMILES string of the molecule is CN(C)/C=C1/CCc2cccc(OCCN=C(N)N)c2N=C1NC=O. The monoisotopic (exact) mass is 344 g/mol. The number of carbonyl (C=O) groups is 1. The molecule has 0 atom stereocenters. The van der Waals surface area contributed by atoms with E-state index >= 15 is 0 Å². The topological polar surface area (TPSA) is 118 Å². The maximum Gasteiger partial charge on any atom is 0.212 e. The van der Waals surface area contributed by atoms with E-state index in [9.17, 15) is 4.79 Å². The van der Waals surface area contributed by atoms with Crippen LogP contribution >= 0.6 is 0 Å². The number of carbonyl (C=O) groups excluding carboxylic acids is 1. The van der Waals surface area contributed by atoms with Crippen LogP contribution in [0, 0.1) is 0 Å². The van der Waals surface area contributed by atoms with Crippen LogP contribution in [0.1, 0.15) is 12.0 Å². The van der Waals surface area contributed by atoms with Crippen molar-refractivity contribution >= 4 is 23.9 Å². The summed E-state index contributed by atoms with van der Waals surface area (Å²) in [5, 5.41) is 2.69. The second kappa shape index (κ2) is 8.72. The van der Waals surface area contributed by atoms with Gasteiger partial charge in [0.1, 0.15) is 23.9 Å². The molecule has 0 aromatic heterocycles. The summed E-state index contributed by atoms with van der Waals surface area (Å²) >= 11 is 0. The van der Waals surface area contributed by atoms with Gasteiger partial charge in [0.25, 0.3) is 0 Å². The zero-order valence-corrected chi connectivity index (χ0v) is 14.5. The summed E-state index contributed by atoms with van der Waals surface area (Å²) in [6.07, 6.45) is 4.16. The van der Waals surface area contributed by atoms with Gasteiger partial charge in [-0.25, -0.2) is 4.99 Å². The van der Waals surface area contributed by atoms with Gasteiger partial charge in [0, 0.05) is 25.9 Å². The van der Waals surface area contributed by atoms with Gasteiger partial charge >= 0.3 is 0 Å². The average molecular weight is 344 g/mol. The highest BCUT2D eigenvalue weighted by atomic mass is 16.5. The molecule has 25 heavy (non-hydrogen) atoms. The first-order valence-electron chi connectivity index (χ1n) is 7.97. The third-order valence-corrected chi connectivity index (χ3v) is 3.53. The van der Waals surface area contributed by atoms with E-state index in [1.54, 1.807) is 0 Å². The largest absolute Gasteiger partial charge is 0.489 e. The smallest absolute Gasteiger partial charge is 0.212 e. The molecule has 0 saturated heterocycles. The number of benzene rings is 1. The number of amides is 1. The number of hydrogen-bond donors (Lipinski definition) is 3. The van der Waals surface area contributed by atoms with Crippen molar-refractivity contribution in [2.24, 2.45) is 21.5 Å². The Kier molecular flexibility index (Phi) is 6.39. The van der Waals surface area contributed by atoms with Gasteiger partial charge in [0.15, 0.2) is 5.96 Å². The lowest BCUT2D eigenvalue weighted by Gasteiger charge is -2.12. The third kappa shape index (κ3) is 5.23. The van der Waals surface area contributed by atoms with E-state index < -0.39 is 0 Å². The molecule has 5 N–H and O–H groups in total. The molecule has 1 aliphatic heterocycles. The maximum atomic E-state index is 11.0. The molecule has 8 heteroatoms. The van der Waals surface area contributed by atoms with E-state index in [2.05, 4.69) is 15.3 Å². The zero-order valence-electron chi connectivity index (χ0n) is 14.5. The summed E-state index contributed by atoms with van der Waals surface area (Å²) in [5.41, 5.74) is 13.4. The molecule has 2 rings (SSSR count). The van der Waals surface area contributed by atoms with E-state index in [1.165, 1.54) is 0 Å². The Morgan fingerprint density at radius 2 is 2.20 bits per heavy atom. The van der Waals surface area contributed by atoms with Gasteiger partial charge in [0.2, 0.25) is 6.41 Å². The van der Waals surface area contributed by atoms with E-state index in [0.29, 0.717) is 31.1 Å². The van der Waals surface area contributed by atoms with Crippen molar-refractivity contribution in [2.75, 3.05) is 27.2 Å². The fraction of sp³-hybridized carbons (Fsp3) is 0.353. The summed E-state index contributed by atoms with van der Waals surface area (Å²) in [4.78, 5) is 21.5. The van der Waals surface area contributed by atoms with Crippen LogP contribution in [0.2, 0.25) is 0 Å². The molecule has 8 nitrogen and oxygen atoms in total. The molecule has 0 unspecified atom stereocenters. The predicted octanol–water partition coefficient (Wildman–Crippen LogP) is 0.507. The second-order valence-electron chi connectivity index (χ2n) is 5.76. The maximum absolute atomic E-state index is 11.0. The Labute approximate surface area is 147 Å². The quantitative estimate of drug-likeness (QED) is 0.301. The van der Waals surface area contributed by atoms with Crippen molar-refractivity contribution < 1.29 is 9.53 Å². The minimum atomic E-state index is 0.0319. The summed E-state index contributed by atoms with van der Waals surface area (Å²) < 4.78 is 5.78. The van der Waals surface area contributed by atoms with Gasteiger partial charge in [-0.2, -0.15) is 0 Å². The highest BCUT2D eigenvalue weighted by Gasteiger charge is 2.18. The number of nitrogens with two attached hydrogens (primary N) is 2. The molecule has 0 spiro atoms. The van der Waals surface area contributed by atoms with Crippen LogP contribution in [0.15, 0.2) is 40.0 Å². The molecule has 0 aliphatic carbocycles. The number of ether oxygens (including phenoxy) is 1. The van der Waals surface area contributed by atoms with Crippen LogP contribution in [0.25, 0.3) is 0 Å². The lowest BCUT2D eigenvalue weighted by Crippen LogP contribution is -2.24. The Morgan fingerprint density at radius 3 is 2.88 bits per heavy atom. The number of nitrogens with zero attached hydrogens (tertiary/aromatic N) is 3. The van der Waals surface area contributed by atoms with Crippen molar-refractivity contribution in [3.05, 3.63) is 35.5 Å². The van der Waals surface area contributed by atoms with Crippen LogP contribution in [0.3, 0.4) is 0 Å². The fourth-order valence-corrected chi connectivity index (χ4v) is 2.53. The average Bonchev–Trinajstić information content (AvgIpc) is 2.72. The number of para-hydroxylation sites is 1.